The summed E-state index contributed by atoms with van der Waals surface area (Å²) in [6, 6.07) is 15.6. The van der Waals surface area contributed by atoms with Crippen LogP contribution in [0.3, 0.4) is 0 Å². The Morgan fingerprint density at radius 2 is 1.89 bits per heavy atom. The van der Waals surface area contributed by atoms with Gasteiger partial charge in [0.1, 0.15) is 11.4 Å². The van der Waals surface area contributed by atoms with Crippen molar-refractivity contribution in [3.8, 4) is 11.4 Å². The SMILES string of the molecule is COc1ccccc1-n1nnnc1SC(C)C(=O)N1CCCc2ccccc21. The molecular weight excluding hydrogens is 374 g/mol. The van der Waals surface area contributed by atoms with E-state index in [-0.39, 0.29) is 11.2 Å². The highest BCUT2D eigenvalue weighted by atomic mass is 32.2. The van der Waals surface area contributed by atoms with Crippen molar-refractivity contribution in [2.75, 3.05) is 18.6 Å². The van der Waals surface area contributed by atoms with Crippen molar-refractivity contribution in [1.29, 1.82) is 0 Å². The van der Waals surface area contributed by atoms with Gasteiger partial charge in [0.15, 0.2) is 0 Å². The quantitative estimate of drug-likeness (QED) is 0.618. The maximum absolute atomic E-state index is 13.2. The Labute approximate surface area is 167 Å². The van der Waals surface area contributed by atoms with E-state index < -0.39 is 0 Å². The van der Waals surface area contributed by atoms with Gasteiger partial charge in [-0.3, -0.25) is 4.79 Å². The summed E-state index contributed by atoms with van der Waals surface area (Å²) in [5.74, 6) is 0.729. The first-order valence-electron chi connectivity index (χ1n) is 9.16. The normalized spacial score (nSPS) is 14.4. The number of nitrogens with zero attached hydrogens (tertiary/aromatic N) is 5. The molecule has 4 rings (SSSR count). The molecule has 3 aromatic rings. The van der Waals surface area contributed by atoms with Crippen molar-refractivity contribution in [2.24, 2.45) is 0 Å². The molecule has 0 radical (unpaired) electrons. The van der Waals surface area contributed by atoms with Gasteiger partial charge in [0, 0.05) is 12.2 Å². The second-order valence-electron chi connectivity index (χ2n) is 6.53. The number of thioether (sulfide) groups is 1. The van der Waals surface area contributed by atoms with Crippen LogP contribution in [0.25, 0.3) is 5.69 Å². The predicted molar refractivity (Wildman–Crippen MR) is 108 cm³/mol. The second kappa shape index (κ2) is 8.02. The van der Waals surface area contributed by atoms with E-state index in [1.54, 1.807) is 11.8 Å². The summed E-state index contributed by atoms with van der Waals surface area (Å²) in [6.07, 6.45) is 1.98. The number of anilines is 1. The maximum Gasteiger partial charge on any atom is 0.240 e. The molecule has 1 aliphatic rings. The van der Waals surface area contributed by atoms with Gasteiger partial charge in [0.25, 0.3) is 0 Å². The fourth-order valence-corrected chi connectivity index (χ4v) is 4.26. The zero-order chi connectivity index (χ0) is 19.5. The molecule has 28 heavy (non-hydrogen) atoms. The van der Waals surface area contributed by atoms with E-state index in [1.807, 2.05) is 54.3 Å². The van der Waals surface area contributed by atoms with Crippen LogP contribution in [0.2, 0.25) is 0 Å². The average molecular weight is 395 g/mol. The van der Waals surface area contributed by atoms with Crippen molar-refractivity contribution in [3.05, 3.63) is 54.1 Å². The standard InChI is InChI=1S/C20H21N5O2S/c1-14(19(26)24-13-7-9-15-8-3-4-10-16(15)24)28-20-21-22-23-25(20)17-11-5-6-12-18(17)27-2/h3-6,8,10-12,14H,7,9,13H2,1-2H3. The van der Waals surface area contributed by atoms with Gasteiger partial charge in [-0.15, -0.1) is 5.10 Å². The Balaban J connectivity index is 1.57. The monoisotopic (exact) mass is 395 g/mol. The highest BCUT2D eigenvalue weighted by Gasteiger charge is 2.28. The Bertz CT molecular complexity index is 990. The molecule has 144 valence electrons. The van der Waals surface area contributed by atoms with E-state index in [2.05, 4.69) is 21.6 Å². The van der Waals surface area contributed by atoms with Gasteiger partial charge in [-0.1, -0.05) is 42.1 Å². The van der Waals surface area contributed by atoms with Gasteiger partial charge in [0.05, 0.1) is 12.4 Å². The third kappa shape index (κ3) is 3.47. The van der Waals surface area contributed by atoms with E-state index in [0.717, 1.165) is 30.8 Å². The lowest BCUT2D eigenvalue weighted by Crippen LogP contribution is -2.40. The van der Waals surface area contributed by atoms with Crippen molar-refractivity contribution in [2.45, 2.75) is 30.2 Å². The number of carbonyl (C=O) groups excluding carboxylic acids is 1. The van der Waals surface area contributed by atoms with Crippen LogP contribution in [0.15, 0.2) is 53.7 Å². The molecule has 1 atom stereocenters. The number of ether oxygens (including phenoxy) is 1. The molecule has 0 N–H and O–H groups in total. The molecule has 1 aliphatic heterocycles. The molecule has 1 amide bonds. The molecule has 0 saturated carbocycles. The Morgan fingerprint density at radius 3 is 2.71 bits per heavy atom. The fourth-order valence-electron chi connectivity index (χ4n) is 3.40. The molecule has 0 spiro atoms. The Kier molecular flexibility index (Phi) is 5.29. The van der Waals surface area contributed by atoms with Crippen LogP contribution in [0.1, 0.15) is 18.9 Å². The summed E-state index contributed by atoms with van der Waals surface area (Å²) in [6.45, 7) is 2.63. The van der Waals surface area contributed by atoms with Gasteiger partial charge >= 0.3 is 0 Å². The molecule has 1 aromatic heterocycles. The molecular formula is C20H21N5O2S. The first-order chi connectivity index (χ1) is 13.7. The molecule has 0 fully saturated rings. The van der Waals surface area contributed by atoms with E-state index in [1.165, 1.54) is 17.3 Å². The first kappa shape index (κ1) is 18.5. The van der Waals surface area contributed by atoms with Crippen LogP contribution in [0.4, 0.5) is 5.69 Å². The lowest BCUT2D eigenvalue weighted by Gasteiger charge is -2.31. The number of rotatable bonds is 5. The van der Waals surface area contributed by atoms with Crippen molar-refractivity contribution in [1.82, 2.24) is 20.2 Å². The third-order valence-electron chi connectivity index (χ3n) is 4.76. The molecule has 0 saturated heterocycles. The topological polar surface area (TPSA) is 73.1 Å². The molecule has 8 heteroatoms. The minimum absolute atomic E-state index is 0.0618. The molecule has 0 aliphatic carbocycles. The number of benzene rings is 2. The summed E-state index contributed by atoms with van der Waals surface area (Å²) in [4.78, 5) is 15.0. The van der Waals surface area contributed by atoms with Crippen molar-refractivity contribution in [3.63, 3.8) is 0 Å². The predicted octanol–water partition coefficient (Wildman–Crippen LogP) is 3.13. The number of hydrogen-bond donors (Lipinski definition) is 0. The molecule has 7 nitrogen and oxygen atoms in total. The number of methoxy groups -OCH3 is 1. The minimum Gasteiger partial charge on any atom is -0.494 e. The second-order valence-corrected chi connectivity index (χ2v) is 7.84. The average Bonchev–Trinajstić information content (AvgIpc) is 3.20. The number of tetrazole rings is 1. The number of aryl methyl sites for hydroxylation is 1. The van der Waals surface area contributed by atoms with E-state index in [9.17, 15) is 4.79 Å². The molecule has 2 heterocycles. The smallest absolute Gasteiger partial charge is 0.240 e. The first-order valence-corrected chi connectivity index (χ1v) is 10.0. The summed E-state index contributed by atoms with van der Waals surface area (Å²) in [5, 5.41) is 12.2. The van der Waals surface area contributed by atoms with Gasteiger partial charge in [-0.2, -0.15) is 4.68 Å². The summed E-state index contributed by atoms with van der Waals surface area (Å²) < 4.78 is 7.02. The highest BCUT2D eigenvalue weighted by Crippen LogP contribution is 2.32. The van der Waals surface area contributed by atoms with Gasteiger partial charge in [0.2, 0.25) is 11.1 Å². The highest BCUT2D eigenvalue weighted by molar-refractivity contribution is 8.00. The number of aromatic nitrogens is 4. The lowest BCUT2D eigenvalue weighted by atomic mass is 10.0. The Hall–Kier alpha value is -2.87. The van der Waals surface area contributed by atoms with Gasteiger partial charge in [-0.05, 0) is 54.0 Å². The number of hydrogen-bond acceptors (Lipinski definition) is 6. The van der Waals surface area contributed by atoms with E-state index in [4.69, 9.17) is 4.74 Å². The van der Waals surface area contributed by atoms with Gasteiger partial charge in [-0.25, -0.2) is 0 Å². The van der Waals surface area contributed by atoms with Crippen molar-refractivity contribution >= 4 is 23.4 Å². The summed E-state index contributed by atoms with van der Waals surface area (Å²) in [7, 11) is 1.61. The number of para-hydroxylation sites is 3. The zero-order valence-electron chi connectivity index (χ0n) is 15.8. The summed E-state index contributed by atoms with van der Waals surface area (Å²) in [5.41, 5.74) is 2.97. The largest absolute Gasteiger partial charge is 0.494 e. The van der Waals surface area contributed by atoms with E-state index >= 15 is 0 Å². The lowest BCUT2D eigenvalue weighted by molar-refractivity contribution is -0.117. The van der Waals surface area contributed by atoms with Crippen LogP contribution in [-0.4, -0.2) is 45.0 Å². The van der Waals surface area contributed by atoms with E-state index in [0.29, 0.717) is 10.9 Å². The molecule has 1 unspecified atom stereocenters. The number of fused-ring (bicyclic) bond motifs is 1. The third-order valence-corrected chi connectivity index (χ3v) is 5.78. The molecule has 0 bridgehead atoms. The molecule has 2 aromatic carbocycles. The zero-order valence-corrected chi connectivity index (χ0v) is 16.6. The number of amides is 1. The van der Waals surface area contributed by atoms with Crippen LogP contribution >= 0.6 is 11.8 Å². The van der Waals surface area contributed by atoms with Crippen LogP contribution in [-0.2, 0) is 11.2 Å². The van der Waals surface area contributed by atoms with Crippen LogP contribution < -0.4 is 9.64 Å². The van der Waals surface area contributed by atoms with Crippen LogP contribution in [0, 0.1) is 0 Å². The fraction of sp³-hybridized carbons (Fsp3) is 0.300. The maximum atomic E-state index is 13.2. The number of carbonyl (C=O) groups is 1. The van der Waals surface area contributed by atoms with Crippen LogP contribution in [0.5, 0.6) is 5.75 Å². The summed E-state index contributed by atoms with van der Waals surface area (Å²) >= 11 is 1.35. The van der Waals surface area contributed by atoms with Gasteiger partial charge < -0.3 is 9.64 Å². The van der Waals surface area contributed by atoms with Crippen molar-refractivity contribution < 1.29 is 9.53 Å². The Morgan fingerprint density at radius 1 is 1.14 bits per heavy atom. The minimum atomic E-state index is -0.328.